The van der Waals surface area contributed by atoms with Crippen LogP contribution in [0, 0.1) is 5.92 Å². The number of carboxylic acids is 1. The Bertz CT molecular complexity index is 1040. The Morgan fingerprint density at radius 3 is 2.21 bits per heavy atom. The van der Waals surface area contributed by atoms with E-state index in [1.807, 2.05) is 73.7 Å². The second kappa shape index (κ2) is 13.1. The van der Waals surface area contributed by atoms with Crippen LogP contribution < -0.4 is 10.1 Å². The van der Waals surface area contributed by atoms with E-state index in [9.17, 15) is 15.0 Å². The van der Waals surface area contributed by atoms with Crippen LogP contribution in [-0.4, -0.2) is 35.4 Å². The van der Waals surface area contributed by atoms with Gasteiger partial charge in [-0.15, -0.1) is 12.4 Å². The Morgan fingerprint density at radius 2 is 1.59 bits per heavy atom. The van der Waals surface area contributed by atoms with E-state index in [0.717, 1.165) is 34.4 Å². The number of nitrogens with one attached hydrogen (secondary N) is 1. The number of ether oxygens (including phenoxy) is 1. The maximum absolute atomic E-state index is 11.5. The number of halogens is 1. The van der Waals surface area contributed by atoms with Gasteiger partial charge in [-0.1, -0.05) is 68.4 Å². The molecule has 0 aliphatic heterocycles. The summed E-state index contributed by atoms with van der Waals surface area (Å²) < 4.78 is 5.84. The molecule has 3 N–H and O–H groups in total. The fraction of sp³-hybridized carbons (Fsp3) is 0.321. The van der Waals surface area contributed by atoms with Gasteiger partial charge in [0.25, 0.3) is 0 Å². The van der Waals surface area contributed by atoms with E-state index < -0.39 is 12.1 Å². The number of rotatable bonds is 11. The Balaban J connectivity index is 0.00000408. The zero-order chi connectivity index (χ0) is 23.8. The summed E-state index contributed by atoms with van der Waals surface area (Å²) in [4.78, 5) is 11.5. The third-order valence-electron chi connectivity index (χ3n) is 5.60. The SMILES string of the molecule is CC(C)Cc1cc(-c2ccc(OCCN[C@@H](C)[C@@H](O)c3ccccc3)cc2)ccc1C(=O)O.Cl. The van der Waals surface area contributed by atoms with Gasteiger partial charge < -0.3 is 20.3 Å². The van der Waals surface area contributed by atoms with Crippen molar-refractivity contribution >= 4 is 18.4 Å². The summed E-state index contributed by atoms with van der Waals surface area (Å²) in [5.74, 6) is 0.251. The maximum atomic E-state index is 11.5. The summed E-state index contributed by atoms with van der Waals surface area (Å²) in [7, 11) is 0. The van der Waals surface area contributed by atoms with Crippen LogP contribution in [-0.2, 0) is 6.42 Å². The fourth-order valence-electron chi connectivity index (χ4n) is 3.84. The number of carbonyl (C=O) groups is 1. The van der Waals surface area contributed by atoms with Gasteiger partial charge in [0.2, 0.25) is 0 Å². The van der Waals surface area contributed by atoms with Crippen molar-refractivity contribution in [1.29, 1.82) is 0 Å². The summed E-state index contributed by atoms with van der Waals surface area (Å²) >= 11 is 0. The highest BCUT2D eigenvalue weighted by atomic mass is 35.5. The molecule has 3 aromatic carbocycles. The molecule has 0 radical (unpaired) electrons. The first-order valence-electron chi connectivity index (χ1n) is 11.4. The van der Waals surface area contributed by atoms with Gasteiger partial charge in [-0.25, -0.2) is 4.79 Å². The summed E-state index contributed by atoms with van der Waals surface area (Å²) in [5, 5.41) is 23.2. The molecule has 0 aliphatic rings. The lowest BCUT2D eigenvalue weighted by atomic mass is 9.93. The Hall–Kier alpha value is -2.86. The van der Waals surface area contributed by atoms with Gasteiger partial charge in [0.05, 0.1) is 11.7 Å². The van der Waals surface area contributed by atoms with E-state index in [4.69, 9.17) is 4.74 Å². The third kappa shape index (κ3) is 7.59. The number of carboxylic acid groups (broad SMARTS) is 1. The molecule has 0 saturated heterocycles. The van der Waals surface area contributed by atoms with Gasteiger partial charge in [0.1, 0.15) is 12.4 Å². The molecule has 5 nitrogen and oxygen atoms in total. The van der Waals surface area contributed by atoms with Crippen molar-refractivity contribution in [3.05, 3.63) is 89.5 Å². The number of aliphatic hydroxyl groups is 1. The standard InChI is InChI=1S/C28H33NO4.ClH/c1-19(2)17-24-18-23(11-14-26(24)28(31)32)21-9-12-25(13-10-21)33-16-15-29-20(3)27(30)22-7-5-4-6-8-22;/h4-14,18-20,27,29-30H,15-17H2,1-3H3,(H,31,32);1H/t20-,27+;/m0./s1. The second-order valence-electron chi connectivity index (χ2n) is 8.75. The lowest BCUT2D eigenvalue weighted by molar-refractivity contribution is 0.0695. The summed E-state index contributed by atoms with van der Waals surface area (Å²) in [6, 6.07) is 22.9. The third-order valence-corrected chi connectivity index (χ3v) is 5.60. The van der Waals surface area contributed by atoms with Crippen LogP contribution in [0.15, 0.2) is 72.8 Å². The zero-order valence-corrected chi connectivity index (χ0v) is 20.7. The molecule has 0 amide bonds. The van der Waals surface area contributed by atoms with Crippen molar-refractivity contribution in [3.8, 4) is 16.9 Å². The van der Waals surface area contributed by atoms with Gasteiger partial charge in [-0.05, 0) is 59.7 Å². The van der Waals surface area contributed by atoms with Crippen molar-refractivity contribution < 1.29 is 19.7 Å². The number of aliphatic hydroxyl groups excluding tert-OH is 1. The molecule has 182 valence electrons. The van der Waals surface area contributed by atoms with Gasteiger partial charge >= 0.3 is 5.97 Å². The van der Waals surface area contributed by atoms with Gasteiger partial charge in [0, 0.05) is 12.6 Å². The molecule has 3 aromatic rings. The lowest BCUT2D eigenvalue weighted by Gasteiger charge is -2.20. The molecule has 0 fully saturated rings. The molecular formula is C28H34ClNO4. The Labute approximate surface area is 208 Å². The van der Waals surface area contributed by atoms with Crippen molar-refractivity contribution in [3.63, 3.8) is 0 Å². The minimum absolute atomic E-state index is 0. The molecule has 0 saturated carbocycles. The molecule has 0 unspecified atom stereocenters. The molecule has 0 aromatic heterocycles. The molecule has 0 spiro atoms. The number of hydrogen-bond donors (Lipinski definition) is 3. The van der Waals surface area contributed by atoms with Crippen LogP contribution in [0.2, 0.25) is 0 Å². The Kier molecular flexibility index (Phi) is 10.6. The van der Waals surface area contributed by atoms with Crippen LogP contribution in [0.1, 0.15) is 48.4 Å². The molecule has 2 atom stereocenters. The monoisotopic (exact) mass is 483 g/mol. The van der Waals surface area contributed by atoms with Crippen LogP contribution in [0.25, 0.3) is 11.1 Å². The van der Waals surface area contributed by atoms with E-state index in [0.29, 0.717) is 24.6 Å². The normalized spacial score (nSPS) is 12.6. The molecule has 34 heavy (non-hydrogen) atoms. The fourth-order valence-corrected chi connectivity index (χ4v) is 3.84. The van der Waals surface area contributed by atoms with Gasteiger partial charge in [0.15, 0.2) is 0 Å². The summed E-state index contributed by atoms with van der Waals surface area (Å²) in [6.45, 7) is 7.22. The molecule has 0 bridgehead atoms. The first-order valence-corrected chi connectivity index (χ1v) is 11.4. The molecular weight excluding hydrogens is 450 g/mol. The number of benzene rings is 3. The van der Waals surface area contributed by atoms with E-state index in [1.165, 1.54) is 0 Å². The molecule has 0 aliphatic carbocycles. The van der Waals surface area contributed by atoms with E-state index in [2.05, 4.69) is 19.2 Å². The predicted molar refractivity (Wildman–Crippen MR) is 139 cm³/mol. The molecule has 3 rings (SSSR count). The van der Waals surface area contributed by atoms with Crippen LogP contribution in [0.5, 0.6) is 5.75 Å². The summed E-state index contributed by atoms with van der Waals surface area (Å²) in [5.41, 5.74) is 4.12. The minimum atomic E-state index is -0.889. The predicted octanol–water partition coefficient (Wildman–Crippen LogP) is 5.76. The highest BCUT2D eigenvalue weighted by Gasteiger charge is 2.15. The van der Waals surface area contributed by atoms with Crippen LogP contribution in [0.3, 0.4) is 0 Å². The quantitative estimate of drug-likeness (QED) is 0.302. The van der Waals surface area contributed by atoms with E-state index in [1.54, 1.807) is 6.07 Å². The highest BCUT2D eigenvalue weighted by Crippen LogP contribution is 2.26. The zero-order valence-electron chi connectivity index (χ0n) is 19.9. The number of hydrogen-bond acceptors (Lipinski definition) is 4. The van der Waals surface area contributed by atoms with Crippen LogP contribution >= 0.6 is 12.4 Å². The van der Waals surface area contributed by atoms with Crippen molar-refractivity contribution in [2.45, 2.75) is 39.3 Å². The summed E-state index contributed by atoms with van der Waals surface area (Å²) in [6.07, 6.45) is 0.153. The average molecular weight is 484 g/mol. The lowest BCUT2D eigenvalue weighted by Crippen LogP contribution is -2.35. The van der Waals surface area contributed by atoms with Gasteiger partial charge in [-0.2, -0.15) is 0 Å². The van der Waals surface area contributed by atoms with E-state index in [-0.39, 0.29) is 18.4 Å². The second-order valence-corrected chi connectivity index (χ2v) is 8.75. The smallest absolute Gasteiger partial charge is 0.335 e. The largest absolute Gasteiger partial charge is 0.492 e. The highest BCUT2D eigenvalue weighted by molar-refractivity contribution is 5.90. The Morgan fingerprint density at radius 1 is 0.941 bits per heavy atom. The number of aromatic carboxylic acids is 1. The van der Waals surface area contributed by atoms with Crippen molar-refractivity contribution in [2.75, 3.05) is 13.2 Å². The minimum Gasteiger partial charge on any atom is -0.492 e. The molecule has 0 heterocycles. The van der Waals surface area contributed by atoms with Crippen LogP contribution in [0.4, 0.5) is 0 Å². The average Bonchev–Trinajstić information content (AvgIpc) is 2.81. The first kappa shape index (κ1) is 27.4. The van der Waals surface area contributed by atoms with Crippen molar-refractivity contribution in [1.82, 2.24) is 5.32 Å². The molecule has 6 heteroatoms. The van der Waals surface area contributed by atoms with E-state index >= 15 is 0 Å². The topological polar surface area (TPSA) is 78.8 Å². The maximum Gasteiger partial charge on any atom is 0.335 e. The van der Waals surface area contributed by atoms with Gasteiger partial charge in [-0.3, -0.25) is 0 Å². The van der Waals surface area contributed by atoms with Crippen molar-refractivity contribution in [2.24, 2.45) is 5.92 Å². The first-order chi connectivity index (χ1) is 15.8.